The number of nitrogens with one attached hydrogen (secondary N) is 1. The van der Waals surface area contributed by atoms with Crippen LogP contribution in [0.5, 0.6) is 5.75 Å². The maximum absolute atomic E-state index is 12.7. The summed E-state index contributed by atoms with van der Waals surface area (Å²) >= 11 is 9.87. The van der Waals surface area contributed by atoms with E-state index in [0.717, 1.165) is 25.5 Å². The Hall–Kier alpha value is -1.70. The molecule has 3 rings (SSSR count). The van der Waals surface area contributed by atoms with Crippen LogP contribution >= 0.6 is 46.0 Å². The quantitative estimate of drug-likeness (QED) is 0.271. The Bertz CT molecular complexity index is 946. The Morgan fingerprint density at radius 1 is 1.07 bits per heavy atom. The maximum atomic E-state index is 12.7. The molecule has 0 saturated heterocycles. The van der Waals surface area contributed by atoms with Gasteiger partial charge in [0.15, 0.2) is 0 Å². The first-order chi connectivity index (χ1) is 13.5. The Labute approximate surface area is 188 Å². The SMILES string of the molecule is CCOc1ccc(C(=O)Nc2ccc(I)cc2)cc1CSc1ccc(Cl)cc1. The van der Waals surface area contributed by atoms with E-state index in [1.54, 1.807) is 17.8 Å². The number of carbonyl (C=O) groups excluding carboxylic acids is 1. The number of carbonyl (C=O) groups is 1. The number of thioether (sulfide) groups is 1. The summed E-state index contributed by atoms with van der Waals surface area (Å²) in [5, 5.41) is 3.66. The van der Waals surface area contributed by atoms with E-state index >= 15 is 0 Å². The van der Waals surface area contributed by atoms with Crippen molar-refractivity contribution in [3.8, 4) is 5.75 Å². The van der Waals surface area contributed by atoms with E-state index in [-0.39, 0.29) is 5.91 Å². The zero-order valence-corrected chi connectivity index (χ0v) is 19.0. The molecule has 0 radical (unpaired) electrons. The zero-order chi connectivity index (χ0) is 19.9. The number of benzene rings is 3. The van der Waals surface area contributed by atoms with Gasteiger partial charge in [-0.2, -0.15) is 0 Å². The molecule has 1 amide bonds. The lowest BCUT2D eigenvalue weighted by atomic mass is 10.1. The van der Waals surface area contributed by atoms with Crippen LogP contribution in [0.15, 0.2) is 71.6 Å². The summed E-state index contributed by atoms with van der Waals surface area (Å²) < 4.78 is 6.87. The highest BCUT2D eigenvalue weighted by Crippen LogP contribution is 2.30. The normalized spacial score (nSPS) is 10.5. The van der Waals surface area contributed by atoms with Crippen molar-refractivity contribution in [3.63, 3.8) is 0 Å². The van der Waals surface area contributed by atoms with Crippen molar-refractivity contribution in [2.45, 2.75) is 17.6 Å². The van der Waals surface area contributed by atoms with Crippen LogP contribution in [0.4, 0.5) is 5.69 Å². The maximum Gasteiger partial charge on any atom is 0.255 e. The molecule has 0 aliphatic heterocycles. The average molecular weight is 524 g/mol. The topological polar surface area (TPSA) is 38.3 Å². The standard InChI is InChI=1S/C22H19ClINO2S/c1-2-27-21-12-3-15(22(26)25-19-8-6-18(24)7-9-19)13-16(21)14-28-20-10-4-17(23)5-11-20/h3-13H,2,14H2,1H3,(H,25,26). The number of rotatable bonds is 7. The third kappa shape index (κ3) is 5.90. The summed E-state index contributed by atoms with van der Waals surface area (Å²) in [6.45, 7) is 2.53. The Balaban J connectivity index is 1.76. The molecule has 0 saturated carbocycles. The van der Waals surface area contributed by atoms with Gasteiger partial charge in [-0.3, -0.25) is 4.79 Å². The first kappa shape index (κ1) is 21.0. The Morgan fingerprint density at radius 3 is 2.46 bits per heavy atom. The lowest BCUT2D eigenvalue weighted by Gasteiger charge is -2.13. The second-order valence-electron chi connectivity index (χ2n) is 5.96. The predicted octanol–water partition coefficient (Wildman–Crippen LogP) is 6.89. The van der Waals surface area contributed by atoms with Gasteiger partial charge >= 0.3 is 0 Å². The summed E-state index contributed by atoms with van der Waals surface area (Å²) in [5.41, 5.74) is 2.36. The molecule has 3 aromatic rings. The van der Waals surface area contributed by atoms with E-state index in [9.17, 15) is 4.79 Å². The molecule has 144 valence electrons. The largest absolute Gasteiger partial charge is 0.494 e. The van der Waals surface area contributed by atoms with Crippen LogP contribution in [0.2, 0.25) is 5.02 Å². The van der Waals surface area contributed by atoms with Gasteiger partial charge in [-0.15, -0.1) is 11.8 Å². The Kier molecular flexibility index (Phi) is 7.65. The predicted molar refractivity (Wildman–Crippen MR) is 126 cm³/mol. The lowest BCUT2D eigenvalue weighted by molar-refractivity contribution is 0.102. The number of amides is 1. The van der Waals surface area contributed by atoms with Gasteiger partial charge in [-0.05, 0) is 96.2 Å². The molecule has 1 N–H and O–H groups in total. The van der Waals surface area contributed by atoms with Crippen molar-refractivity contribution < 1.29 is 9.53 Å². The van der Waals surface area contributed by atoms with Crippen molar-refractivity contribution in [3.05, 3.63) is 86.4 Å². The van der Waals surface area contributed by atoms with Crippen LogP contribution in [0.3, 0.4) is 0 Å². The number of anilines is 1. The van der Waals surface area contributed by atoms with Crippen molar-refractivity contribution in [1.29, 1.82) is 0 Å². The minimum Gasteiger partial charge on any atom is -0.494 e. The fourth-order valence-corrected chi connectivity index (χ4v) is 3.92. The molecular formula is C22H19ClINO2S. The van der Waals surface area contributed by atoms with Gasteiger partial charge < -0.3 is 10.1 Å². The third-order valence-electron chi connectivity index (χ3n) is 3.93. The molecule has 0 bridgehead atoms. The molecule has 0 aliphatic rings. The van der Waals surface area contributed by atoms with Crippen molar-refractivity contribution in [1.82, 2.24) is 0 Å². The van der Waals surface area contributed by atoms with Crippen LogP contribution in [0.1, 0.15) is 22.8 Å². The van der Waals surface area contributed by atoms with Gasteiger partial charge in [0.1, 0.15) is 5.75 Å². The monoisotopic (exact) mass is 523 g/mol. The highest BCUT2D eigenvalue weighted by molar-refractivity contribution is 14.1. The van der Waals surface area contributed by atoms with E-state index in [1.165, 1.54) is 0 Å². The first-order valence-corrected chi connectivity index (χ1v) is 11.2. The van der Waals surface area contributed by atoms with Crippen molar-refractivity contribution >= 4 is 57.5 Å². The molecule has 6 heteroatoms. The Morgan fingerprint density at radius 2 is 1.79 bits per heavy atom. The van der Waals surface area contributed by atoms with Gasteiger partial charge in [0.2, 0.25) is 0 Å². The number of hydrogen-bond acceptors (Lipinski definition) is 3. The van der Waals surface area contributed by atoms with Crippen molar-refractivity contribution in [2.75, 3.05) is 11.9 Å². The second-order valence-corrected chi connectivity index (χ2v) is 8.69. The van der Waals surface area contributed by atoms with E-state index in [2.05, 4.69) is 27.9 Å². The highest BCUT2D eigenvalue weighted by atomic mass is 127. The molecule has 0 fully saturated rings. The molecule has 0 unspecified atom stereocenters. The zero-order valence-electron chi connectivity index (χ0n) is 15.2. The number of hydrogen-bond donors (Lipinski definition) is 1. The number of ether oxygens (including phenoxy) is 1. The summed E-state index contributed by atoms with van der Waals surface area (Å²) in [6.07, 6.45) is 0. The van der Waals surface area contributed by atoms with Gasteiger partial charge in [-0.1, -0.05) is 11.6 Å². The van der Waals surface area contributed by atoms with E-state index in [1.807, 2.05) is 67.6 Å². The first-order valence-electron chi connectivity index (χ1n) is 8.76. The summed E-state index contributed by atoms with van der Waals surface area (Å²) in [4.78, 5) is 13.8. The molecule has 3 nitrogen and oxygen atoms in total. The molecule has 0 aromatic heterocycles. The molecule has 28 heavy (non-hydrogen) atoms. The van der Waals surface area contributed by atoms with Gasteiger partial charge in [-0.25, -0.2) is 0 Å². The van der Waals surface area contributed by atoms with Crippen LogP contribution in [-0.4, -0.2) is 12.5 Å². The summed E-state index contributed by atoms with van der Waals surface area (Å²) in [5.74, 6) is 1.36. The smallest absolute Gasteiger partial charge is 0.255 e. The third-order valence-corrected chi connectivity index (χ3v) is 5.96. The average Bonchev–Trinajstić information content (AvgIpc) is 2.70. The molecule has 0 atom stereocenters. The molecule has 3 aromatic carbocycles. The molecule has 0 heterocycles. The van der Waals surface area contributed by atoms with Gasteiger partial charge in [0, 0.05) is 36.1 Å². The van der Waals surface area contributed by atoms with Crippen LogP contribution in [-0.2, 0) is 5.75 Å². The molecular weight excluding hydrogens is 505 g/mol. The summed E-state index contributed by atoms with van der Waals surface area (Å²) in [7, 11) is 0. The lowest BCUT2D eigenvalue weighted by Crippen LogP contribution is -2.12. The van der Waals surface area contributed by atoms with Crippen LogP contribution in [0, 0.1) is 3.57 Å². The van der Waals surface area contributed by atoms with E-state index in [0.29, 0.717) is 22.9 Å². The van der Waals surface area contributed by atoms with Crippen LogP contribution < -0.4 is 10.1 Å². The van der Waals surface area contributed by atoms with E-state index in [4.69, 9.17) is 16.3 Å². The van der Waals surface area contributed by atoms with Gasteiger partial charge in [0.25, 0.3) is 5.91 Å². The fraction of sp³-hybridized carbons (Fsp3) is 0.136. The van der Waals surface area contributed by atoms with Crippen molar-refractivity contribution in [2.24, 2.45) is 0 Å². The van der Waals surface area contributed by atoms with Crippen LogP contribution in [0.25, 0.3) is 0 Å². The fourth-order valence-electron chi connectivity index (χ4n) is 2.56. The molecule has 0 spiro atoms. The highest BCUT2D eigenvalue weighted by Gasteiger charge is 2.12. The van der Waals surface area contributed by atoms with Gasteiger partial charge in [0.05, 0.1) is 6.61 Å². The number of halogens is 2. The second kappa shape index (κ2) is 10.2. The summed E-state index contributed by atoms with van der Waals surface area (Å²) in [6, 6.07) is 21.0. The molecule has 0 aliphatic carbocycles. The van der Waals surface area contributed by atoms with E-state index < -0.39 is 0 Å². The minimum absolute atomic E-state index is 0.137. The minimum atomic E-state index is -0.137.